The largest absolute Gasteiger partial charge is 0.486 e. The lowest BCUT2D eigenvalue weighted by molar-refractivity contribution is 0.170. The van der Waals surface area contributed by atoms with Gasteiger partial charge >= 0.3 is 0 Å². The molecule has 0 unspecified atom stereocenters. The third-order valence-corrected chi connectivity index (χ3v) is 5.16. The molecule has 0 bridgehead atoms. The van der Waals surface area contributed by atoms with Crippen molar-refractivity contribution >= 4 is 0 Å². The van der Waals surface area contributed by atoms with E-state index >= 15 is 0 Å². The van der Waals surface area contributed by atoms with Gasteiger partial charge in [0.05, 0.1) is 5.69 Å². The summed E-state index contributed by atoms with van der Waals surface area (Å²) in [5.74, 6) is 1.32. The Bertz CT molecular complexity index is 986. The number of rotatable bonds is 5. The average Bonchev–Trinajstić information content (AvgIpc) is 3.07. The fourth-order valence-corrected chi connectivity index (χ4v) is 3.51. The highest BCUT2D eigenvalue weighted by molar-refractivity contribution is 5.63. The van der Waals surface area contributed by atoms with Crippen LogP contribution < -0.4 is 9.47 Å². The SMILES string of the molecule is C[C@@H](c1ccc2c(c1)OCCO2)N(C)Cc1cn(C)nc1-c1ccccc1F. The molecule has 0 radical (unpaired) electrons. The molecule has 28 heavy (non-hydrogen) atoms. The molecule has 1 aliphatic heterocycles. The molecule has 0 N–H and O–H groups in total. The van der Waals surface area contributed by atoms with E-state index < -0.39 is 0 Å². The first-order chi connectivity index (χ1) is 13.5. The molecule has 0 aliphatic carbocycles. The predicted octanol–water partition coefficient (Wildman–Crippen LogP) is 4.19. The molecular formula is C22H24FN3O2. The molecule has 0 saturated carbocycles. The molecule has 5 nitrogen and oxygen atoms in total. The van der Waals surface area contributed by atoms with Crippen molar-refractivity contribution in [2.24, 2.45) is 7.05 Å². The maximum Gasteiger partial charge on any atom is 0.161 e. The number of benzene rings is 2. The summed E-state index contributed by atoms with van der Waals surface area (Å²) in [6, 6.07) is 13.0. The van der Waals surface area contributed by atoms with Crippen molar-refractivity contribution in [1.29, 1.82) is 0 Å². The van der Waals surface area contributed by atoms with Crippen LogP contribution in [0.2, 0.25) is 0 Å². The van der Waals surface area contributed by atoms with Crippen molar-refractivity contribution in [3.63, 3.8) is 0 Å². The van der Waals surface area contributed by atoms with Crippen LogP contribution in [0.4, 0.5) is 4.39 Å². The Morgan fingerprint density at radius 1 is 1.14 bits per heavy atom. The Hall–Kier alpha value is -2.86. The number of halogens is 1. The van der Waals surface area contributed by atoms with Crippen LogP contribution in [0.3, 0.4) is 0 Å². The first-order valence-corrected chi connectivity index (χ1v) is 9.40. The van der Waals surface area contributed by atoms with Gasteiger partial charge in [-0.1, -0.05) is 18.2 Å². The van der Waals surface area contributed by atoms with E-state index in [1.54, 1.807) is 16.8 Å². The fourth-order valence-electron chi connectivity index (χ4n) is 3.51. The van der Waals surface area contributed by atoms with E-state index in [0.717, 1.165) is 22.6 Å². The molecule has 4 rings (SSSR count). The molecule has 2 aromatic carbocycles. The monoisotopic (exact) mass is 381 g/mol. The molecule has 146 valence electrons. The molecule has 3 aromatic rings. The summed E-state index contributed by atoms with van der Waals surface area (Å²) in [5, 5.41) is 4.50. The van der Waals surface area contributed by atoms with E-state index in [0.29, 0.717) is 31.0 Å². The number of hydrogen-bond acceptors (Lipinski definition) is 4. The van der Waals surface area contributed by atoms with Crippen LogP contribution in [0.25, 0.3) is 11.3 Å². The molecule has 0 spiro atoms. The van der Waals surface area contributed by atoms with E-state index in [9.17, 15) is 4.39 Å². The third-order valence-electron chi connectivity index (χ3n) is 5.16. The van der Waals surface area contributed by atoms with Gasteiger partial charge in [-0.25, -0.2) is 4.39 Å². The zero-order valence-electron chi connectivity index (χ0n) is 16.4. The lowest BCUT2D eigenvalue weighted by atomic mass is 10.0. The predicted molar refractivity (Wildman–Crippen MR) is 106 cm³/mol. The van der Waals surface area contributed by atoms with Crippen LogP contribution >= 0.6 is 0 Å². The van der Waals surface area contributed by atoms with Crippen LogP contribution in [0.1, 0.15) is 24.1 Å². The summed E-state index contributed by atoms with van der Waals surface area (Å²) < 4.78 is 27.3. The fraction of sp³-hybridized carbons (Fsp3) is 0.318. The summed E-state index contributed by atoms with van der Waals surface area (Å²) >= 11 is 0. The van der Waals surface area contributed by atoms with Crippen LogP contribution in [-0.4, -0.2) is 34.9 Å². The van der Waals surface area contributed by atoms with Crippen molar-refractivity contribution < 1.29 is 13.9 Å². The summed E-state index contributed by atoms with van der Waals surface area (Å²) in [6.45, 7) is 3.95. The van der Waals surface area contributed by atoms with Gasteiger partial charge in [0.25, 0.3) is 0 Å². The van der Waals surface area contributed by atoms with Gasteiger partial charge in [-0.15, -0.1) is 0 Å². The molecular weight excluding hydrogens is 357 g/mol. The van der Waals surface area contributed by atoms with Crippen LogP contribution in [0.15, 0.2) is 48.7 Å². The van der Waals surface area contributed by atoms with E-state index in [2.05, 4.69) is 30.0 Å². The number of fused-ring (bicyclic) bond motifs is 1. The van der Waals surface area contributed by atoms with Gasteiger partial charge in [0.1, 0.15) is 19.0 Å². The van der Waals surface area contributed by atoms with Crippen LogP contribution in [-0.2, 0) is 13.6 Å². The van der Waals surface area contributed by atoms with E-state index in [1.807, 2.05) is 31.4 Å². The second kappa shape index (κ2) is 7.64. The lowest BCUT2D eigenvalue weighted by Crippen LogP contribution is -2.22. The van der Waals surface area contributed by atoms with Gasteiger partial charge in [-0.3, -0.25) is 9.58 Å². The van der Waals surface area contributed by atoms with Crippen molar-refractivity contribution in [3.05, 3.63) is 65.6 Å². The minimum atomic E-state index is -0.259. The average molecular weight is 381 g/mol. The standard InChI is InChI=1S/C22H24FN3O2/c1-15(16-8-9-20-21(12-16)28-11-10-27-20)25(2)13-17-14-26(3)24-22(17)18-6-4-5-7-19(18)23/h4-9,12,14-15H,10-11,13H2,1-3H3/t15-/m0/s1. The number of hydrogen-bond donors (Lipinski definition) is 0. The summed E-state index contributed by atoms with van der Waals surface area (Å²) in [6.07, 6.45) is 1.95. The van der Waals surface area contributed by atoms with Crippen molar-refractivity contribution in [3.8, 4) is 22.8 Å². The maximum atomic E-state index is 14.3. The van der Waals surface area contributed by atoms with Crippen molar-refractivity contribution in [2.45, 2.75) is 19.5 Å². The number of aryl methyl sites for hydroxylation is 1. The highest BCUT2D eigenvalue weighted by Gasteiger charge is 2.20. The van der Waals surface area contributed by atoms with E-state index in [4.69, 9.17) is 9.47 Å². The van der Waals surface area contributed by atoms with Crippen molar-refractivity contribution in [2.75, 3.05) is 20.3 Å². The van der Waals surface area contributed by atoms with Gasteiger partial charge in [0.2, 0.25) is 0 Å². The van der Waals surface area contributed by atoms with Gasteiger partial charge in [-0.05, 0) is 43.8 Å². The molecule has 2 heterocycles. The minimum absolute atomic E-state index is 0.143. The topological polar surface area (TPSA) is 39.5 Å². The Balaban J connectivity index is 1.57. The normalized spacial score (nSPS) is 14.3. The molecule has 0 fully saturated rings. The van der Waals surface area contributed by atoms with Crippen LogP contribution in [0, 0.1) is 5.82 Å². The summed E-state index contributed by atoms with van der Waals surface area (Å²) in [7, 11) is 3.91. The second-order valence-corrected chi connectivity index (χ2v) is 7.15. The molecule has 0 saturated heterocycles. The Labute approximate surface area is 164 Å². The summed E-state index contributed by atoms with van der Waals surface area (Å²) in [4.78, 5) is 2.22. The molecule has 0 amide bonds. The van der Waals surface area contributed by atoms with Crippen molar-refractivity contribution in [1.82, 2.24) is 14.7 Å². The smallest absolute Gasteiger partial charge is 0.161 e. The maximum absolute atomic E-state index is 14.3. The van der Waals surface area contributed by atoms with E-state index in [-0.39, 0.29) is 11.9 Å². The quantitative estimate of drug-likeness (QED) is 0.664. The number of aromatic nitrogens is 2. The number of ether oxygens (including phenoxy) is 2. The molecule has 1 aromatic heterocycles. The molecule has 6 heteroatoms. The zero-order chi connectivity index (χ0) is 19.7. The van der Waals surface area contributed by atoms with Crippen LogP contribution in [0.5, 0.6) is 11.5 Å². The molecule has 1 aliphatic rings. The van der Waals surface area contributed by atoms with Gasteiger partial charge in [0, 0.05) is 37.0 Å². The first kappa shape index (κ1) is 18.5. The number of nitrogens with zero attached hydrogens (tertiary/aromatic N) is 3. The first-order valence-electron chi connectivity index (χ1n) is 9.40. The van der Waals surface area contributed by atoms with Gasteiger partial charge in [-0.2, -0.15) is 5.10 Å². The minimum Gasteiger partial charge on any atom is -0.486 e. The summed E-state index contributed by atoms with van der Waals surface area (Å²) in [5.41, 5.74) is 3.34. The Kier molecular flexibility index (Phi) is 5.05. The van der Waals surface area contributed by atoms with Gasteiger partial charge < -0.3 is 9.47 Å². The lowest BCUT2D eigenvalue weighted by Gasteiger charge is -2.26. The zero-order valence-corrected chi connectivity index (χ0v) is 16.4. The molecule has 1 atom stereocenters. The Morgan fingerprint density at radius 3 is 2.68 bits per heavy atom. The third kappa shape index (κ3) is 3.60. The second-order valence-electron chi connectivity index (χ2n) is 7.15. The highest BCUT2D eigenvalue weighted by Crippen LogP contribution is 2.34. The Morgan fingerprint density at radius 2 is 1.89 bits per heavy atom. The van der Waals surface area contributed by atoms with E-state index in [1.165, 1.54) is 6.07 Å². The van der Waals surface area contributed by atoms with Gasteiger partial charge in [0.15, 0.2) is 11.5 Å². The highest BCUT2D eigenvalue weighted by atomic mass is 19.1.